The molecule has 0 radical (unpaired) electrons. The molecule has 1 amide bonds. The molecule has 0 saturated carbocycles. The average molecular weight is 388 g/mol. The number of hydrogen-bond acceptors (Lipinski definition) is 5. The van der Waals surface area contributed by atoms with Crippen LogP contribution in [0.4, 0.5) is 11.4 Å². The number of benzene rings is 2. The molecule has 3 rings (SSSR count). The SMILES string of the molecule is CC1(C)N=C(c2ccccc2Cl)c2cc([N+](=O)[O-])ccc2N(CCO)C1=O. The fraction of sp³-hybridized carbons (Fsp3) is 0.263. The van der Waals surface area contributed by atoms with Crippen molar-refractivity contribution in [3.63, 3.8) is 0 Å². The van der Waals surface area contributed by atoms with Gasteiger partial charge in [0.2, 0.25) is 0 Å². The molecule has 0 unspecified atom stereocenters. The van der Waals surface area contributed by atoms with Crippen LogP contribution in [0.15, 0.2) is 47.5 Å². The summed E-state index contributed by atoms with van der Waals surface area (Å²) >= 11 is 6.35. The number of fused-ring (bicyclic) bond motifs is 1. The Bertz CT molecular complexity index is 956. The zero-order chi connectivity index (χ0) is 19.8. The molecule has 1 aliphatic rings. The van der Waals surface area contributed by atoms with Crippen LogP contribution in [0.2, 0.25) is 5.02 Å². The molecule has 1 heterocycles. The van der Waals surface area contributed by atoms with Gasteiger partial charge in [0, 0.05) is 34.8 Å². The van der Waals surface area contributed by atoms with Crippen molar-refractivity contribution >= 4 is 34.6 Å². The van der Waals surface area contributed by atoms with Crippen LogP contribution in [0, 0.1) is 10.1 Å². The number of halogens is 1. The Morgan fingerprint density at radius 1 is 1.22 bits per heavy atom. The van der Waals surface area contributed by atoms with Crippen molar-refractivity contribution in [1.29, 1.82) is 0 Å². The fourth-order valence-electron chi connectivity index (χ4n) is 3.07. The van der Waals surface area contributed by atoms with E-state index in [1.54, 1.807) is 38.1 Å². The number of hydrogen-bond donors (Lipinski definition) is 1. The highest BCUT2D eigenvalue weighted by atomic mass is 35.5. The van der Waals surface area contributed by atoms with Gasteiger partial charge in [-0.05, 0) is 26.0 Å². The van der Waals surface area contributed by atoms with Gasteiger partial charge in [-0.15, -0.1) is 0 Å². The third-order valence-corrected chi connectivity index (χ3v) is 4.68. The number of aliphatic hydroxyl groups is 1. The molecule has 0 atom stereocenters. The molecule has 0 spiro atoms. The summed E-state index contributed by atoms with van der Waals surface area (Å²) in [5.41, 5.74) is 0.584. The predicted molar refractivity (Wildman–Crippen MR) is 104 cm³/mol. The van der Waals surface area contributed by atoms with Crippen LogP contribution < -0.4 is 4.90 Å². The van der Waals surface area contributed by atoms with E-state index >= 15 is 0 Å². The third kappa shape index (κ3) is 3.43. The Kier molecular flexibility index (Phi) is 4.99. The molecule has 0 aliphatic carbocycles. The lowest BCUT2D eigenvalue weighted by atomic mass is 9.99. The fourth-order valence-corrected chi connectivity index (χ4v) is 3.30. The first-order chi connectivity index (χ1) is 12.8. The van der Waals surface area contributed by atoms with Gasteiger partial charge in [-0.1, -0.05) is 29.8 Å². The molecular formula is C19H18ClN3O4. The summed E-state index contributed by atoms with van der Waals surface area (Å²) in [7, 11) is 0. The summed E-state index contributed by atoms with van der Waals surface area (Å²) in [6, 6.07) is 11.2. The second-order valence-corrected chi connectivity index (χ2v) is 7.05. The number of anilines is 1. The molecule has 0 fully saturated rings. The van der Waals surface area contributed by atoms with Crippen molar-refractivity contribution in [3.8, 4) is 0 Å². The first kappa shape index (κ1) is 19.0. The second-order valence-electron chi connectivity index (χ2n) is 6.64. The Balaban J connectivity index is 2.36. The maximum Gasteiger partial charge on any atom is 0.270 e. The van der Waals surface area contributed by atoms with Gasteiger partial charge in [-0.2, -0.15) is 0 Å². The highest BCUT2D eigenvalue weighted by Crippen LogP contribution is 2.35. The number of carbonyl (C=O) groups is 1. The molecule has 1 N–H and O–H groups in total. The number of β-amino-alcohol motifs (C(OH)–C–C–N with tert-alkyl or cyclic N) is 1. The zero-order valence-electron chi connectivity index (χ0n) is 14.8. The number of amides is 1. The molecule has 0 aromatic heterocycles. The van der Waals surface area contributed by atoms with Crippen molar-refractivity contribution in [2.75, 3.05) is 18.1 Å². The number of nitrogens with zero attached hydrogens (tertiary/aromatic N) is 3. The maximum absolute atomic E-state index is 13.0. The van der Waals surface area contributed by atoms with Gasteiger partial charge in [0.15, 0.2) is 0 Å². The number of nitro benzene ring substituents is 1. The Morgan fingerprint density at radius 2 is 1.93 bits per heavy atom. The molecule has 2 aromatic rings. The monoisotopic (exact) mass is 387 g/mol. The highest BCUT2D eigenvalue weighted by molar-refractivity contribution is 6.36. The van der Waals surface area contributed by atoms with Crippen LogP contribution in [-0.4, -0.2) is 40.3 Å². The van der Waals surface area contributed by atoms with E-state index in [1.807, 2.05) is 0 Å². The number of non-ortho nitro benzene ring substituents is 1. The average Bonchev–Trinajstić information content (AvgIpc) is 2.71. The summed E-state index contributed by atoms with van der Waals surface area (Å²) in [4.78, 5) is 29.9. The van der Waals surface area contributed by atoms with E-state index in [9.17, 15) is 20.0 Å². The molecule has 7 nitrogen and oxygen atoms in total. The lowest BCUT2D eigenvalue weighted by Gasteiger charge is -2.27. The van der Waals surface area contributed by atoms with Crippen molar-refractivity contribution in [1.82, 2.24) is 0 Å². The lowest BCUT2D eigenvalue weighted by molar-refractivity contribution is -0.384. The molecule has 0 saturated heterocycles. The number of nitro groups is 1. The summed E-state index contributed by atoms with van der Waals surface area (Å²) in [6.07, 6.45) is 0. The van der Waals surface area contributed by atoms with Crippen molar-refractivity contribution in [3.05, 3.63) is 68.7 Å². The zero-order valence-corrected chi connectivity index (χ0v) is 15.6. The number of aliphatic imine (C=N–C) groups is 1. The first-order valence-corrected chi connectivity index (χ1v) is 8.70. The van der Waals surface area contributed by atoms with Gasteiger partial charge in [0.25, 0.3) is 11.6 Å². The second kappa shape index (κ2) is 7.09. The van der Waals surface area contributed by atoms with E-state index in [0.29, 0.717) is 27.5 Å². The molecule has 2 aromatic carbocycles. The molecule has 140 valence electrons. The number of rotatable bonds is 4. The van der Waals surface area contributed by atoms with E-state index in [4.69, 9.17) is 11.6 Å². The summed E-state index contributed by atoms with van der Waals surface area (Å²) in [5.74, 6) is -0.311. The van der Waals surface area contributed by atoms with Gasteiger partial charge in [0.05, 0.1) is 22.9 Å². The molecule has 8 heteroatoms. The normalized spacial score (nSPS) is 15.8. The van der Waals surface area contributed by atoms with Crippen LogP contribution >= 0.6 is 11.6 Å². The minimum Gasteiger partial charge on any atom is -0.395 e. The van der Waals surface area contributed by atoms with Gasteiger partial charge >= 0.3 is 0 Å². The topological polar surface area (TPSA) is 96.0 Å². The van der Waals surface area contributed by atoms with Crippen LogP contribution in [0.25, 0.3) is 0 Å². The lowest BCUT2D eigenvalue weighted by Crippen LogP contribution is -2.45. The number of benzodiazepines with no additional fused rings is 1. The van der Waals surface area contributed by atoms with Crippen LogP contribution in [0.1, 0.15) is 25.0 Å². The third-order valence-electron chi connectivity index (χ3n) is 4.35. The van der Waals surface area contributed by atoms with E-state index < -0.39 is 10.5 Å². The molecule has 0 bridgehead atoms. The minimum atomic E-state index is -1.14. The highest BCUT2D eigenvalue weighted by Gasteiger charge is 2.38. The first-order valence-electron chi connectivity index (χ1n) is 8.32. The van der Waals surface area contributed by atoms with Gasteiger partial charge in [0.1, 0.15) is 5.54 Å². The van der Waals surface area contributed by atoms with E-state index in [1.165, 1.54) is 23.1 Å². The predicted octanol–water partition coefficient (Wildman–Crippen LogP) is 3.20. The summed E-state index contributed by atoms with van der Waals surface area (Å²) < 4.78 is 0. The minimum absolute atomic E-state index is 0.0540. The van der Waals surface area contributed by atoms with Gasteiger partial charge < -0.3 is 10.0 Å². The van der Waals surface area contributed by atoms with E-state index in [-0.39, 0.29) is 24.7 Å². The number of aliphatic hydroxyl groups excluding tert-OH is 1. The molecule has 27 heavy (non-hydrogen) atoms. The van der Waals surface area contributed by atoms with E-state index in [2.05, 4.69) is 4.99 Å². The summed E-state index contributed by atoms with van der Waals surface area (Å²) in [6.45, 7) is 3.13. The molecular weight excluding hydrogens is 370 g/mol. The molecule has 1 aliphatic heterocycles. The Hall–Kier alpha value is -2.77. The quantitative estimate of drug-likeness (QED) is 0.643. The van der Waals surface area contributed by atoms with Gasteiger partial charge in [-0.3, -0.25) is 19.9 Å². The smallest absolute Gasteiger partial charge is 0.270 e. The summed E-state index contributed by atoms with van der Waals surface area (Å²) in [5, 5.41) is 21.2. The Morgan fingerprint density at radius 3 is 2.56 bits per heavy atom. The van der Waals surface area contributed by atoms with Crippen LogP contribution in [-0.2, 0) is 4.79 Å². The number of carbonyl (C=O) groups excluding carboxylic acids is 1. The van der Waals surface area contributed by atoms with Crippen LogP contribution in [0.5, 0.6) is 0 Å². The van der Waals surface area contributed by atoms with Crippen molar-refractivity contribution < 1.29 is 14.8 Å². The van der Waals surface area contributed by atoms with Crippen LogP contribution in [0.3, 0.4) is 0 Å². The van der Waals surface area contributed by atoms with Crippen molar-refractivity contribution in [2.24, 2.45) is 4.99 Å². The maximum atomic E-state index is 13.0. The van der Waals surface area contributed by atoms with E-state index in [0.717, 1.165) is 0 Å². The van der Waals surface area contributed by atoms with Crippen molar-refractivity contribution in [2.45, 2.75) is 19.4 Å². The largest absolute Gasteiger partial charge is 0.395 e. The standard InChI is InChI=1S/C19H18ClN3O4/c1-19(2)18(25)22(9-10-24)16-8-7-12(23(26)27)11-14(16)17(21-19)13-5-3-4-6-15(13)20/h3-8,11,24H,9-10H2,1-2H3. The Labute approximate surface area is 161 Å². The van der Waals surface area contributed by atoms with Gasteiger partial charge in [-0.25, -0.2) is 0 Å².